The molecule has 1 heterocycles. The Morgan fingerprint density at radius 2 is 1.68 bits per heavy atom. The molecule has 47 heavy (non-hydrogen) atoms. The van der Waals surface area contributed by atoms with Crippen molar-refractivity contribution in [1.82, 2.24) is 10.2 Å². The number of halogens is 2. The lowest BCUT2D eigenvalue weighted by Crippen LogP contribution is -2.49. The number of methoxy groups -OCH3 is 1. The molecular weight excluding hydrogens is 653 g/mol. The van der Waals surface area contributed by atoms with Gasteiger partial charge in [0.15, 0.2) is 9.84 Å². The number of nitrogens with zero attached hydrogens (tertiary/aromatic N) is 1. The zero-order valence-corrected chi connectivity index (χ0v) is 27.7. The summed E-state index contributed by atoms with van der Waals surface area (Å²) < 4.78 is 53.8. The average molecular weight is 688 g/mol. The molecule has 0 radical (unpaired) electrons. The van der Waals surface area contributed by atoms with Crippen molar-refractivity contribution in [3.8, 4) is 0 Å². The number of likely N-dealkylation sites (tertiary alicyclic amines) is 1. The molecule has 4 rings (SSSR count). The van der Waals surface area contributed by atoms with E-state index in [9.17, 15) is 27.6 Å². The largest absolute Gasteiger partial charge is 0.469 e. The Bertz CT molecular complexity index is 1760. The van der Waals surface area contributed by atoms with Crippen LogP contribution in [0.3, 0.4) is 0 Å². The molecule has 3 aromatic rings. The second kappa shape index (κ2) is 14.5. The van der Waals surface area contributed by atoms with Gasteiger partial charge in [0, 0.05) is 16.3 Å². The van der Waals surface area contributed by atoms with Gasteiger partial charge in [-0.1, -0.05) is 41.9 Å². The van der Waals surface area contributed by atoms with E-state index in [0.717, 1.165) is 11.0 Å². The van der Waals surface area contributed by atoms with Crippen LogP contribution >= 0.6 is 11.6 Å². The Morgan fingerprint density at radius 1 is 1.00 bits per heavy atom. The first-order valence-corrected chi connectivity index (χ1v) is 16.5. The average Bonchev–Trinajstić information content (AvgIpc) is 3.41. The van der Waals surface area contributed by atoms with Crippen LogP contribution in [0.2, 0.25) is 5.02 Å². The Hall–Kier alpha value is -4.49. The topological polar surface area (TPSA) is 148 Å². The van der Waals surface area contributed by atoms with E-state index in [0.29, 0.717) is 16.3 Å². The molecule has 3 amide bonds. The van der Waals surface area contributed by atoms with Crippen molar-refractivity contribution in [3.63, 3.8) is 0 Å². The summed E-state index contributed by atoms with van der Waals surface area (Å²) in [5, 5.41) is 3.82. The zero-order chi connectivity index (χ0) is 34.5. The number of amides is 3. The minimum Gasteiger partial charge on any atom is -0.469 e. The number of carbonyl (C=O) groups is 4. The van der Waals surface area contributed by atoms with Crippen molar-refractivity contribution in [2.24, 2.45) is 0 Å². The van der Waals surface area contributed by atoms with E-state index in [2.05, 4.69) is 15.4 Å². The maximum Gasteiger partial charge on any atom is 0.329 e. The Morgan fingerprint density at radius 3 is 2.32 bits per heavy atom. The zero-order valence-electron chi connectivity index (χ0n) is 26.2. The molecule has 0 saturated carbocycles. The van der Waals surface area contributed by atoms with Crippen molar-refractivity contribution in [1.29, 1.82) is 0 Å². The number of ether oxygens (including phenoxy) is 2. The molecule has 0 bridgehead atoms. The molecule has 1 saturated heterocycles. The van der Waals surface area contributed by atoms with Crippen molar-refractivity contribution in [3.05, 3.63) is 94.8 Å². The monoisotopic (exact) mass is 687 g/mol. The summed E-state index contributed by atoms with van der Waals surface area (Å²) in [7, 11) is -3.03. The van der Waals surface area contributed by atoms with Crippen LogP contribution in [0.1, 0.15) is 44.4 Å². The number of rotatable bonds is 9. The highest BCUT2D eigenvalue weighted by atomic mass is 35.5. The van der Waals surface area contributed by atoms with E-state index in [1.165, 1.54) is 49.6 Å². The second-order valence-corrected chi connectivity index (χ2v) is 14.5. The summed E-state index contributed by atoms with van der Waals surface area (Å²) in [5.74, 6) is -2.98. The minimum atomic E-state index is -4.29. The molecule has 1 aliphatic rings. The minimum absolute atomic E-state index is 0.0231. The highest BCUT2D eigenvalue weighted by Gasteiger charge is 2.54. The van der Waals surface area contributed by atoms with Crippen molar-refractivity contribution in [2.45, 2.75) is 61.4 Å². The van der Waals surface area contributed by atoms with Gasteiger partial charge in [-0.2, -0.15) is 0 Å². The fourth-order valence-electron chi connectivity index (χ4n) is 5.32. The lowest BCUT2D eigenvalue weighted by Gasteiger charge is -2.32. The van der Waals surface area contributed by atoms with E-state index in [1.54, 1.807) is 45.0 Å². The van der Waals surface area contributed by atoms with Crippen LogP contribution in [0.25, 0.3) is 0 Å². The Kier molecular flexibility index (Phi) is 10.9. The number of sulfone groups is 1. The van der Waals surface area contributed by atoms with Gasteiger partial charge in [-0.25, -0.2) is 22.4 Å². The quantitative estimate of drug-likeness (QED) is 0.304. The molecule has 0 aromatic heterocycles. The van der Waals surface area contributed by atoms with E-state index in [-0.39, 0.29) is 16.9 Å². The molecule has 3 atom stereocenters. The summed E-state index contributed by atoms with van der Waals surface area (Å²) in [4.78, 5) is 52.8. The molecule has 11 nitrogen and oxygen atoms in total. The first kappa shape index (κ1) is 35.4. The molecule has 0 spiro atoms. The summed E-state index contributed by atoms with van der Waals surface area (Å²) in [5.41, 5.74) is -0.222. The second-order valence-electron chi connectivity index (χ2n) is 11.9. The van der Waals surface area contributed by atoms with Gasteiger partial charge in [0.25, 0.3) is 0 Å². The Balaban J connectivity index is 1.67. The van der Waals surface area contributed by atoms with Crippen molar-refractivity contribution in [2.75, 3.05) is 19.0 Å². The maximum absolute atomic E-state index is 15.4. The SMILES string of the molecule is COC(=O)Cc1cccc(NC(=O)NCC(=O)N2C(C(=O)OC(C)(C)C)CC(S(=O)(=O)c3ccc(Cl)cc3)C2c2ccccc2F)c1. The van der Waals surface area contributed by atoms with Gasteiger partial charge < -0.3 is 25.0 Å². The number of urea groups is 1. The molecule has 3 aromatic carbocycles. The lowest BCUT2D eigenvalue weighted by molar-refractivity contribution is -0.164. The third-order valence-electron chi connectivity index (χ3n) is 7.34. The third kappa shape index (κ3) is 8.66. The predicted octanol–water partition coefficient (Wildman–Crippen LogP) is 4.84. The maximum atomic E-state index is 15.4. The van der Waals surface area contributed by atoms with Gasteiger partial charge in [-0.3, -0.25) is 9.59 Å². The smallest absolute Gasteiger partial charge is 0.329 e. The fourth-order valence-corrected chi connectivity index (χ4v) is 7.37. The molecule has 3 unspecified atom stereocenters. The van der Waals surface area contributed by atoms with Gasteiger partial charge in [0.1, 0.15) is 17.5 Å². The van der Waals surface area contributed by atoms with Crippen LogP contribution in [-0.4, -0.2) is 67.7 Å². The number of benzene rings is 3. The van der Waals surface area contributed by atoms with Gasteiger partial charge >= 0.3 is 18.0 Å². The number of esters is 2. The van der Waals surface area contributed by atoms with Gasteiger partial charge in [0.2, 0.25) is 5.91 Å². The highest BCUT2D eigenvalue weighted by molar-refractivity contribution is 7.92. The first-order chi connectivity index (χ1) is 22.1. The highest BCUT2D eigenvalue weighted by Crippen LogP contribution is 2.44. The van der Waals surface area contributed by atoms with Crippen molar-refractivity contribution < 1.29 is 41.5 Å². The van der Waals surface area contributed by atoms with Crippen LogP contribution in [0, 0.1) is 5.82 Å². The van der Waals surface area contributed by atoms with Crippen LogP contribution in [0.15, 0.2) is 77.7 Å². The summed E-state index contributed by atoms with van der Waals surface area (Å²) in [6, 6.07) is 13.5. The lowest BCUT2D eigenvalue weighted by atomic mass is 10.0. The van der Waals surface area contributed by atoms with E-state index >= 15 is 4.39 Å². The van der Waals surface area contributed by atoms with E-state index < -0.39 is 75.4 Å². The number of carbonyl (C=O) groups excluding carboxylic acids is 4. The van der Waals surface area contributed by atoms with E-state index in [4.69, 9.17) is 16.3 Å². The molecule has 1 fully saturated rings. The van der Waals surface area contributed by atoms with Gasteiger partial charge in [-0.05, 0) is 75.2 Å². The standard InChI is InChI=1S/C33H35ClFN3O8S/c1-33(2,3)46-31(41)26-18-27(47(43,44)23-14-12-21(34)13-15-23)30(24-10-5-6-11-25(24)35)38(26)28(39)19-36-32(42)37-22-9-7-8-20(16-22)17-29(40)45-4/h5-16,26-27,30H,17-19H2,1-4H3,(H2,36,37,42). The summed E-state index contributed by atoms with van der Waals surface area (Å²) in [6.45, 7) is 4.18. The fraction of sp³-hybridized carbons (Fsp3) is 0.333. The first-order valence-electron chi connectivity index (χ1n) is 14.6. The summed E-state index contributed by atoms with van der Waals surface area (Å²) >= 11 is 5.99. The Labute approximate surface area is 277 Å². The predicted molar refractivity (Wildman–Crippen MR) is 172 cm³/mol. The molecular formula is C33H35ClFN3O8S. The third-order valence-corrected chi connectivity index (χ3v) is 9.76. The van der Waals surface area contributed by atoms with Crippen LogP contribution in [0.5, 0.6) is 0 Å². The number of anilines is 1. The van der Waals surface area contributed by atoms with Gasteiger partial charge in [0.05, 0.1) is 36.3 Å². The van der Waals surface area contributed by atoms with Crippen LogP contribution < -0.4 is 10.6 Å². The summed E-state index contributed by atoms with van der Waals surface area (Å²) in [6.07, 6.45) is -0.422. The van der Waals surface area contributed by atoms with E-state index in [1.807, 2.05) is 0 Å². The normalized spacial score (nSPS) is 17.9. The van der Waals surface area contributed by atoms with Crippen LogP contribution in [0.4, 0.5) is 14.9 Å². The number of hydrogen-bond donors (Lipinski definition) is 2. The van der Waals surface area contributed by atoms with Crippen LogP contribution in [-0.2, 0) is 40.1 Å². The molecule has 250 valence electrons. The number of nitrogens with one attached hydrogen (secondary N) is 2. The van der Waals surface area contributed by atoms with Crippen molar-refractivity contribution >= 4 is 51.0 Å². The number of hydrogen-bond acceptors (Lipinski definition) is 8. The van der Waals surface area contributed by atoms with Gasteiger partial charge in [-0.15, -0.1) is 0 Å². The molecule has 1 aliphatic heterocycles. The molecule has 0 aliphatic carbocycles. The molecule has 2 N–H and O–H groups in total. The molecule has 14 heteroatoms.